The number of hydrogen-bond donors (Lipinski definition) is 2. The van der Waals surface area contributed by atoms with Crippen molar-refractivity contribution in [3.8, 4) is 22.5 Å². The van der Waals surface area contributed by atoms with E-state index in [2.05, 4.69) is 68.4 Å². The minimum Gasteiger partial charge on any atom is -0.344 e. The maximum Gasteiger partial charge on any atom is 0.0650 e. The largest absolute Gasteiger partial charge is 0.344 e. The second kappa shape index (κ2) is 4.83. The summed E-state index contributed by atoms with van der Waals surface area (Å²) in [6.45, 7) is 0. The van der Waals surface area contributed by atoms with Crippen LogP contribution < -0.4 is 0 Å². The van der Waals surface area contributed by atoms with Crippen molar-refractivity contribution in [3.05, 3.63) is 60.9 Å². The Hall–Kier alpha value is -3.34. The summed E-state index contributed by atoms with van der Waals surface area (Å²) in [7, 11) is 2.11. The van der Waals surface area contributed by atoms with E-state index in [1.807, 2.05) is 12.1 Å². The molecule has 0 aliphatic rings. The highest BCUT2D eigenvalue weighted by molar-refractivity contribution is 6.10. The molecule has 5 aromatic rings. The van der Waals surface area contributed by atoms with Crippen LogP contribution >= 0.6 is 0 Å². The van der Waals surface area contributed by atoms with E-state index in [1.54, 1.807) is 12.4 Å². The van der Waals surface area contributed by atoms with Crippen molar-refractivity contribution in [2.75, 3.05) is 0 Å². The molecule has 0 spiro atoms. The van der Waals surface area contributed by atoms with E-state index < -0.39 is 0 Å². The molecule has 116 valence electrons. The molecule has 5 rings (SSSR count). The maximum atomic E-state index is 4.05. The molecule has 0 saturated heterocycles. The molecule has 3 heterocycles. The fourth-order valence-corrected chi connectivity index (χ4v) is 3.39. The average molecular weight is 313 g/mol. The van der Waals surface area contributed by atoms with Crippen molar-refractivity contribution in [2.24, 2.45) is 7.05 Å². The third-order valence-corrected chi connectivity index (χ3v) is 4.63. The fourth-order valence-electron chi connectivity index (χ4n) is 3.39. The topological polar surface area (TPSA) is 62.3 Å². The summed E-state index contributed by atoms with van der Waals surface area (Å²) in [6, 6.07) is 17.0. The normalized spacial score (nSPS) is 11.5. The van der Waals surface area contributed by atoms with Gasteiger partial charge in [0.15, 0.2) is 0 Å². The number of H-pyrrole nitrogens is 2. The van der Waals surface area contributed by atoms with Crippen LogP contribution in [-0.2, 0) is 7.05 Å². The number of benzene rings is 2. The Morgan fingerprint density at radius 2 is 1.21 bits per heavy atom. The highest BCUT2D eigenvalue weighted by Crippen LogP contribution is 2.33. The van der Waals surface area contributed by atoms with Crippen LogP contribution in [0.5, 0.6) is 0 Å². The number of aryl methyl sites for hydroxylation is 1. The lowest BCUT2D eigenvalue weighted by atomic mass is 10.0. The summed E-state index contributed by atoms with van der Waals surface area (Å²) in [5, 5.41) is 16.7. The summed E-state index contributed by atoms with van der Waals surface area (Å²) in [4.78, 5) is 0. The zero-order valence-corrected chi connectivity index (χ0v) is 13.1. The Morgan fingerprint density at radius 1 is 0.708 bits per heavy atom. The lowest BCUT2D eigenvalue weighted by Gasteiger charge is -2.00. The average Bonchev–Trinajstić information content (AvgIpc) is 3.36. The Kier molecular flexibility index (Phi) is 2.64. The first-order chi connectivity index (χ1) is 11.8. The van der Waals surface area contributed by atoms with Crippen LogP contribution in [0.25, 0.3) is 44.3 Å². The minimum atomic E-state index is 1.03. The molecule has 0 bridgehead atoms. The standard InChI is InChI=1S/C19H15N5/c1-24-18-4-2-12(16-6-8-20-22-16)10-14(18)15-11-13(3-5-19(15)24)17-7-9-21-23-17/h2-11H,1H3,(H,20,22)(H,21,23). The molecule has 0 radical (unpaired) electrons. The first-order valence-corrected chi connectivity index (χ1v) is 7.83. The van der Waals surface area contributed by atoms with Crippen LogP contribution in [-0.4, -0.2) is 25.0 Å². The van der Waals surface area contributed by atoms with Crippen LogP contribution in [0.15, 0.2) is 60.9 Å². The van der Waals surface area contributed by atoms with E-state index in [9.17, 15) is 0 Å². The SMILES string of the molecule is Cn1c2ccc(-c3ccn[nH]3)cc2c2cc(-c3ccn[nH]3)ccc21. The molecule has 24 heavy (non-hydrogen) atoms. The molecule has 5 nitrogen and oxygen atoms in total. The van der Waals surface area contributed by atoms with E-state index in [0.29, 0.717) is 0 Å². The summed E-state index contributed by atoms with van der Waals surface area (Å²) >= 11 is 0. The van der Waals surface area contributed by atoms with Crippen molar-refractivity contribution in [2.45, 2.75) is 0 Å². The highest BCUT2D eigenvalue weighted by atomic mass is 15.1. The van der Waals surface area contributed by atoms with Gasteiger partial charge < -0.3 is 4.57 Å². The zero-order chi connectivity index (χ0) is 16.1. The minimum absolute atomic E-state index is 1.03. The smallest absolute Gasteiger partial charge is 0.0650 e. The lowest BCUT2D eigenvalue weighted by Crippen LogP contribution is -1.86. The van der Waals surface area contributed by atoms with E-state index in [1.165, 1.54) is 21.8 Å². The van der Waals surface area contributed by atoms with Gasteiger partial charge in [-0.05, 0) is 36.4 Å². The van der Waals surface area contributed by atoms with Crippen LogP contribution in [0.3, 0.4) is 0 Å². The van der Waals surface area contributed by atoms with E-state index in [-0.39, 0.29) is 0 Å². The quantitative estimate of drug-likeness (QED) is 0.515. The van der Waals surface area contributed by atoms with Gasteiger partial charge in [-0.3, -0.25) is 10.2 Å². The summed E-state index contributed by atoms with van der Waals surface area (Å²) in [6.07, 6.45) is 3.55. The van der Waals surface area contributed by atoms with Crippen molar-refractivity contribution >= 4 is 21.8 Å². The first kappa shape index (κ1) is 13.1. The van der Waals surface area contributed by atoms with Gasteiger partial charge in [-0.2, -0.15) is 10.2 Å². The fraction of sp³-hybridized carbons (Fsp3) is 0.0526. The van der Waals surface area contributed by atoms with Gasteiger partial charge in [-0.25, -0.2) is 0 Å². The van der Waals surface area contributed by atoms with Crippen molar-refractivity contribution in [3.63, 3.8) is 0 Å². The molecule has 5 heteroatoms. The molecule has 0 aliphatic carbocycles. The van der Waals surface area contributed by atoms with Gasteiger partial charge in [-0.15, -0.1) is 0 Å². The summed E-state index contributed by atoms with van der Waals surface area (Å²) in [5.74, 6) is 0. The predicted molar refractivity (Wildman–Crippen MR) is 95.6 cm³/mol. The molecular weight excluding hydrogens is 298 g/mol. The van der Waals surface area contributed by atoms with E-state index in [0.717, 1.165) is 22.5 Å². The molecule has 0 saturated carbocycles. The molecule has 0 atom stereocenters. The third-order valence-electron chi connectivity index (χ3n) is 4.63. The van der Waals surface area contributed by atoms with Gasteiger partial charge in [0.2, 0.25) is 0 Å². The van der Waals surface area contributed by atoms with Crippen molar-refractivity contribution in [1.29, 1.82) is 0 Å². The molecule has 0 unspecified atom stereocenters. The Balaban J connectivity index is 1.81. The molecule has 2 aromatic carbocycles. The maximum absolute atomic E-state index is 4.05. The zero-order valence-electron chi connectivity index (χ0n) is 13.1. The van der Waals surface area contributed by atoms with E-state index in [4.69, 9.17) is 0 Å². The highest BCUT2D eigenvalue weighted by Gasteiger charge is 2.11. The number of fused-ring (bicyclic) bond motifs is 3. The van der Waals surface area contributed by atoms with Crippen LogP contribution in [0, 0.1) is 0 Å². The lowest BCUT2D eigenvalue weighted by molar-refractivity contribution is 1.01. The molecular formula is C19H15N5. The van der Waals surface area contributed by atoms with Gasteiger partial charge in [0.05, 0.1) is 11.4 Å². The Labute approximate surface area is 137 Å². The second-order valence-electron chi connectivity index (χ2n) is 5.96. The van der Waals surface area contributed by atoms with Gasteiger partial charge in [0, 0.05) is 52.4 Å². The Bertz CT molecular complexity index is 1060. The molecule has 0 fully saturated rings. The predicted octanol–water partition coefficient (Wildman–Crippen LogP) is 4.11. The molecule has 3 aromatic heterocycles. The van der Waals surface area contributed by atoms with E-state index >= 15 is 0 Å². The number of aromatic nitrogens is 5. The van der Waals surface area contributed by atoms with Crippen molar-refractivity contribution in [1.82, 2.24) is 25.0 Å². The Morgan fingerprint density at radius 3 is 1.62 bits per heavy atom. The van der Waals surface area contributed by atoms with Crippen LogP contribution in [0.2, 0.25) is 0 Å². The monoisotopic (exact) mass is 313 g/mol. The molecule has 0 aliphatic heterocycles. The number of rotatable bonds is 2. The van der Waals surface area contributed by atoms with Gasteiger partial charge in [-0.1, -0.05) is 12.1 Å². The second-order valence-corrected chi connectivity index (χ2v) is 5.96. The first-order valence-electron chi connectivity index (χ1n) is 7.83. The summed E-state index contributed by atoms with van der Waals surface area (Å²) in [5.41, 5.74) is 6.76. The summed E-state index contributed by atoms with van der Waals surface area (Å²) < 4.78 is 2.23. The molecule has 0 amide bonds. The van der Waals surface area contributed by atoms with Gasteiger partial charge in [0.25, 0.3) is 0 Å². The number of hydrogen-bond acceptors (Lipinski definition) is 2. The number of aromatic amines is 2. The number of nitrogens with one attached hydrogen (secondary N) is 2. The van der Waals surface area contributed by atoms with Gasteiger partial charge in [0.1, 0.15) is 0 Å². The third kappa shape index (κ3) is 1.81. The van der Waals surface area contributed by atoms with Crippen LogP contribution in [0.4, 0.5) is 0 Å². The molecule has 2 N–H and O–H groups in total. The van der Waals surface area contributed by atoms with Gasteiger partial charge >= 0.3 is 0 Å². The van der Waals surface area contributed by atoms with Crippen LogP contribution in [0.1, 0.15) is 0 Å². The number of nitrogens with zero attached hydrogens (tertiary/aromatic N) is 3. The van der Waals surface area contributed by atoms with Crippen molar-refractivity contribution < 1.29 is 0 Å².